The first-order valence-electron chi connectivity index (χ1n) is 25.8. The lowest BCUT2D eigenvalue weighted by Gasteiger charge is -2.24. The van der Waals surface area contributed by atoms with E-state index in [-0.39, 0.29) is 24.9 Å². The molecule has 0 aliphatic carbocycles. The highest BCUT2D eigenvalue weighted by molar-refractivity contribution is 5.77. The number of esters is 1. The van der Waals surface area contributed by atoms with Gasteiger partial charge in [-0.15, -0.1) is 0 Å². The maximum absolute atomic E-state index is 13.2. The smallest absolute Gasteiger partial charge is 0.306 e. The highest BCUT2D eigenvalue weighted by Gasteiger charge is 2.24. The van der Waals surface area contributed by atoms with Crippen molar-refractivity contribution in [2.75, 3.05) is 6.61 Å². The molecule has 1 amide bonds. The molecule has 0 saturated carbocycles. The third kappa shape index (κ3) is 41.4. The summed E-state index contributed by atoms with van der Waals surface area (Å²) in [5.74, 6) is -0.455. The minimum atomic E-state index is -0.778. The minimum absolute atomic E-state index is 0.0871. The summed E-state index contributed by atoms with van der Waals surface area (Å²) in [6.45, 7) is 6.50. The van der Waals surface area contributed by atoms with Crippen LogP contribution in [0.3, 0.4) is 0 Å². The van der Waals surface area contributed by atoms with Gasteiger partial charge in [-0.25, -0.2) is 0 Å². The fourth-order valence-electron chi connectivity index (χ4n) is 8.26. The Morgan fingerprint density at radius 3 is 1.07 bits per heavy atom. The highest BCUT2D eigenvalue weighted by atomic mass is 16.5. The van der Waals surface area contributed by atoms with Gasteiger partial charge < -0.3 is 20.3 Å². The van der Waals surface area contributed by atoms with Gasteiger partial charge in [0.05, 0.1) is 25.2 Å². The number of rotatable bonds is 47. The number of ether oxygens (including phenoxy) is 1. The van der Waals surface area contributed by atoms with Crippen LogP contribution in [-0.4, -0.2) is 46.9 Å². The number of hydrogen-bond donors (Lipinski definition) is 3. The minimum Gasteiger partial charge on any atom is -0.462 e. The van der Waals surface area contributed by atoms with Crippen LogP contribution in [0.1, 0.15) is 290 Å². The molecular formula is C51H101NO5. The fourth-order valence-corrected chi connectivity index (χ4v) is 8.26. The van der Waals surface area contributed by atoms with Gasteiger partial charge in [0.15, 0.2) is 0 Å². The van der Waals surface area contributed by atoms with Gasteiger partial charge in [0.2, 0.25) is 5.91 Å². The van der Waals surface area contributed by atoms with Gasteiger partial charge in [0.1, 0.15) is 6.10 Å². The zero-order chi connectivity index (χ0) is 41.7. The molecule has 3 atom stereocenters. The van der Waals surface area contributed by atoms with E-state index in [0.29, 0.717) is 19.3 Å². The zero-order valence-corrected chi connectivity index (χ0v) is 38.8. The van der Waals surface area contributed by atoms with E-state index in [1.54, 1.807) is 0 Å². The Hall–Kier alpha value is -1.14. The number of aliphatic hydroxyl groups excluding tert-OH is 2. The normalized spacial score (nSPS) is 13.1. The number of carbonyl (C=O) groups excluding carboxylic acids is 2. The van der Waals surface area contributed by atoms with Crippen LogP contribution < -0.4 is 5.32 Å². The van der Waals surface area contributed by atoms with Crippen molar-refractivity contribution >= 4 is 11.9 Å². The molecule has 0 fully saturated rings. The van der Waals surface area contributed by atoms with Gasteiger partial charge in [-0.1, -0.05) is 252 Å². The summed E-state index contributed by atoms with van der Waals surface area (Å²) < 4.78 is 5.91. The molecule has 3 N–H and O–H groups in total. The van der Waals surface area contributed by atoms with Crippen molar-refractivity contribution in [3.05, 3.63) is 0 Å². The molecule has 0 aromatic heterocycles. The number of aliphatic hydroxyl groups is 2. The van der Waals surface area contributed by atoms with E-state index in [1.165, 1.54) is 199 Å². The molecule has 0 aromatic rings. The van der Waals surface area contributed by atoms with Gasteiger partial charge in [-0.2, -0.15) is 0 Å². The number of unbranched alkanes of at least 4 members (excludes halogenated alkanes) is 35. The van der Waals surface area contributed by atoms with Crippen molar-refractivity contribution in [1.29, 1.82) is 0 Å². The molecule has 57 heavy (non-hydrogen) atoms. The fraction of sp³-hybridized carbons (Fsp3) is 0.961. The average molecular weight is 808 g/mol. The second kappa shape index (κ2) is 45.9. The van der Waals surface area contributed by atoms with Crippen LogP contribution in [0, 0.1) is 0 Å². The van der Waals surface area contributed by atoms with Crippen molar-refractivity contribution in [2.24, 2.45) is 0 Å². The van der Waals surface area contributed by atoms with Crippen molar-refractivity contribution in [3.63, 3.8) is 0 Å². The summed E-state index contributed by atoms with van der Waals surface area (Å²) in [4.78, 5) is 26.0. The van der Waals surface area contributed by atoms with Crippen molar-refractivity contribution in [3.8, 4) is 0 Å². The molecule has 0 saturated heterocycles. The molecule has 3 unspecified atom stereocenters. The quantitative estimate of drug-likeness (QED) is 0.0420. The molecule has 0 spiro atoms. The summed E-state index contributed by atoms with van der Waals surface area (Å²) in [6.07, 6.45) is 48.8. The molecule has 0 radical (unpaired) electrons. The van der Waals surface area contributed by atoms with Gasteiger partial charge in [0, 0.05) is 6.42 Å². The maximum atomic E-state index is 13.2. The lowest BCUT2D eigenvalue weighted by molar-refractivity contribution is -0.151. The number of carbonyl (C=O) groups is 2. The van der Waals surface area contributed by atoms with Crippen LogP contribution in [0.15, 0.2) is 0 Å². The molecule has 0 bridgehead atoms. The first-order chi connectivity index (χ1) is 28.0. The Morgan fingerprint density at radius 1 is 0.439 bits per heavy atom. The molecule has 0 aromatic carbocycles. The Kier molecular flexibility index (Phi) is 45.0. The van der Waals surface area contributed by atoms with E-state index in [9.17, 15) is 19.8 Å². The topological polar surface area (TPSA) is 95.9 Å². The van der Waals surface area contributed by atoms with Crippen LogP contribution in [-0.2, 0) is 14.3 Å². The van der Waals surface area contributed by atoms with Gasteiger partial charge in [0.25, 0.3) is 0 Å². The van der Waals surface area contributed by atoms with Crippen LogP contribution in [0.2, 0.25) is 0 Å². The zero-order valence-electron chi connectivity index (χ0n) is 38.8. The van der Waals surface area contributed by atoms with Crippen molar-refractivity contribution in [2.45, 2.75) is 309 Å². The highest BCUT2D eigenvalue weighted by Crippen LogP contribution is 2.19. The Morgan fingerprint density at radius 2 is 0.737 bits per heavy atom. The van der Waals surface area contributed by atoms with E-state index >= 15 is 0 Å². The Labute approximate surface area is 356 Å². The summed E-state index contributed by atoms with van der Waals surface area (Å²) in [5, 5.41) is 23.8. The number of nitrogens with one attached hydrogen (secondary N) is 1. The number of amides is 1. The Bertz CT molecular complexity index is 821. The average Bonchev–Trinajstić information content (AvgIpc) is 3.20. The summed E-state index contributed by atoms with van der Waals surface area (Å²) >= 11 is 0. The molecule has 0 rings (SSSR count). The largest absolute Gasteiger partial charge is 0.462 e. The monoisotopic (exact) mass is 808 g/mol. The van der Waals surface area contributed by atoms with Gasteiger partial charge >= 0.3 is 5.97 Å². The van der Waals surface area contributed by atoms with Crippen molar-refractivity contribution < 1.29 is 24.5 Å². The third-order valence-electron chi connectivity index (χ3n) is 12.2. The third-order valence-corrected chi connectivity index (χ3v) is 12.2. The first kappa shape index (κ1) is 55.9. The van der Waals surface area contributed by atoms with Gasteiger partial charge in [-0.05, 0) is 25.7 Å². The predicted molar refractivity (Wildman–Crippen MR) is 246 cm³/mol. The van der Waals surface area contributed by atoms with Crippen LogP contribution in [0.5, 0.6) is 0 Å². The molecule has 6 nitrogen and oxygen atoms in total. The standard InChI is InChI=1S/C51H101NO5/c1-4-7-10-13-16-19-22-23-24-25-26-27-29-31-34-37-40-43-49(54)48(46-53)52-50(55)45-47(42-39-36-33-30-21-18-15-12-9-6-3)57-51(56)44-41-38-35-32-28-20-17-14-11-8-5-2/h47-49,53-54H,4-46H2,1-3H3,(H,52,55). The number of hydrogen-bond acceptors (Lipinski definition) is 5. The van der Waals surface area contributed by atoms with E-state index in [0.717, 1.165) is 44.9 Å². The van der Waals surface area contributed by atoms with Crippen LogP contribution >= 0.6 is 0 Å². The second-order valence-electron chi connectivity index (χ2n) is 17.9. The first-order valence-corrected chi connectivity index (χ1v) is 25.8. The molecule has 0 aliphatic heterocycles. The molecule has 0 heterocycles. The second-order valence-corrected chi connectivity index (χ2v) is 17.9. The summed E-state index contributed by atoms with van der Waals surface area (Å²) in [5.41, 5.74) is 0. The van der Waals surface area contributed by atoms with E-state index < -0.39 is 18.2 Å². The van der Waals surface area contributed by atoms with Crippen molar-refractivity contribution in [1.82, 2.24) is 5.32 Å². The maximum Gasteiger partial charge on any atom is 0.306 e. The van der Waals surface area contributed by atoms with Gasteiger partial charge in [-0.3, -0.25) is 9.59 Å². The van der Waals surface area contributed by atoms with E-state index in [1.807, 2.05) is 0 Å². The Balaban J connectivity index is 4.39. The lowest BCUT2D eigenvalue weighted by atomic mass is 10.0. The van der Waals surface area contributed by atoms with E-state index in [4.69, 9.17) is 4.74 Å². The molecule has 340 valence electrons. The summed E-state index contributed by atoms with van der Waals surface area (Å²) in [7, 11) is 0. The lowest BCUT2D eigenvalue weighted by Crippen LogP contribution is -2.46. The summed E-state index contributed by atoms with van der Waals surface area (Å²) in [6, 6.07) is -0.691. The molecule has 6 heteroatoms. The predicted octanol–water partition coefficient (Wildman–Crippen LogP) is 15.2. The van der Waals surface area contributed by atoms with Crippen LogP contribution in [0.4, 0.5) is 0 Å². The van der Waals surface area contributed by atoms with E-state index in [2.05, 4.69) is 26.1 Å². The molecular weight excluding hydrogens is 707 g/mol. The van der Waals surface area contributed by atoms with Crippen LogP contribution in [0.25, 0.3) is 0 Å². The molecule has 0 aliphatic rings. The SMILES string of the molecule is CCCCCCCCCCCCCCCCCCCC(O)C(CO)NC(=O)CC(CCCCCCCCCCCC)OC(=O)CCCCCCCCCCCCC.